The summed E-state index contributed by atoms with van der Waals surface area (Å²) in [6, 6.07) is 0. The van der Waals surface area contributed by atoms with Crippen LogP contribution >= 0.6 is 0 Å². The van der Waals surface area contributed by atoms with Crippen molar-refractivity contribution in [1.82, 2.24) is 0 Å². The van der Waals surface area contributed by atoms with Crippen molar-refractivity contribution in [2.75, 3.05) is 0 Å². The SMILES string of the molecule is C=CC(=O)O.C=CC(=O)O.[PbH2].[PbH2]. The molecule has 4 radical (unpaired) electrons. The second-order valence-electron chi connectivity index (χ2n) is 1.08. The predicted octanol–water partition coefficient (Wildman–Crippen LogP) is -1.32. The fourth-order valence-corrected chi connectivity index (χ4v) is 0. The van der Waals surface area contributed by atoms with E-state index in [-0.39, 0.29) is 54.6 Å². The average Bonchev–Trinajstić information content (AvgIpc) is 1.89. The van der Waals surface area contributed by atoms with E-state index in [1.54, 1.807) is 0 Å². The standard InChI is InChI=1S/2C3H4O2.2Pb.4H/c2*1-2-3(4)5;;;;;;/h2*2H,1H2,(H,4,5);;;;;;. The molecular formula is C6H12O4Pb2. The zero-order chi connectivity index (χ0) is 8.57. The van der Waals surface area contributed by atoms with Crippen LogP contribution < -0.4 is 0 Å². The van der Waals surface area contributed by atoms with Gasteiger partial charge in [-0.15, -0.1) is 0 Å². The predicted molar refractivity (Wildman–Crippen MR) is 52.8 cm³/mol. The molecule has 0 aliphatic carbocycles. The number of carboxylic acid groups (broad SMARTS) is 2. The topological polar surface area (TPSA) is 74.6 Å². The van der Waals surface area contributed by atoms with Crippen LogP contribution in [-0.2, 0) is 9.59 Å². The molecule has 0 atom stereocenters. The fourth-order valence-electron chi connectivity index (χ4n) is 0. The number of aliphatic carboxylic acids is 2. The first kappa shape index (κ1) is 22.8. The van der Waals surface area contributed by atoms with Gasteiger partial charge in [0.05, 0.1) is 0 Å². The fraction of sp³-hybridized carbons (Fsp3) is 0. The molecule has 0 amide bonds. The Morgan fingerprint density at radius 1 is 0.917 bits per heavy atom. The first-order valence-electron chi connectivity index (χ1n) is 2.25. The van der Waals surface area contributed by atoms with Crippen molar-refractivity contribution in [1.29, 1.82) is 0 Å². The molecule has 68 valence electrons. The Kier molecular flexibility index (Phi) is 33.0. The molecular weight excluding hydrogens is 550 g/mol. The van der Waals surface area contributed by atoms with E-state index in [0.29, 0.717) is 0 Å². The summed E-state index contributed by atoms with van der Waals surface area (Å²) >= 11 is 0. The summed E-state index contributed by atoms with van der Waals surface area (Å²) in [7, 11) is 0. The maximum atomic E-state index is 9.25. The molecule has 0 spiro atoms. The van der Waals surface area contributed by atoms with E-state index in [2.05, 4.69) is 13.2 Å². The van der Waals surface area contributed by atoms with Gasteiger partial charge in [-0.3, -0.25) is 0 Å². The van der Waals surface area contributed by atoms with Crippen LogP contribution in [0.15, 0.2) is 25.3 Å². The molecule has 0 fully saturated rings. The van der Waals surface area contributed by atoms with E-state index >= 15 is 0 Å². The molecule has 0 heterocycles. The van der Waals surface area contributed by atoms with Gasteiger partial charge in [0.25, 0.3) is 0 Å². The zero-order valence-electron chi connectivity index (χ0n) is 6.69. The van der Waals surface area contributed by atoms with Gasteiger partial charge in [-0.05, 0) is 0 Å². The second-order valence-corrected chi connectivity index (χ2v) is 1.08. The summed E-state index contributed by atoms with van der Waals surface area (Å²) in [5, 5.41) is 15.2. The monoisotopic (exact) mass is 564 g/mol. The second kappa shape index (κ2) is 17.4. The van der Waals surface area contributed by atoms with Gasteiger partial charge in [-0.1, -0.05) is 13.2 Å². The van der Waals surface area contributed by atoms with Gasteiger partial charge >= 0.3 is 66.5 Å². The molecule has 0 unspecified atom stereocenters. The summed E-state index contributed by atoms with van der Waals surface area (Å²) < 4.78 is 0. The number of carboxylic acids is 2. The Morgan fingerprint density at radius 2 is 1.00 bits per heavy atom. The van der Waals surface area contributed by atoms with Gasteiger partial charge in [0.15, 0.2) is 0 Å². The first-order chi connectivity index (χ1) is 4.54. The van der Waals surface area contributed by atoms with Crippen molar-refractivity contribution in [3.8, 4) is 0 Å². The van der Waals surface area contributed by atoms with Crippen molar-refractivity contribution in [3.63, 3.8) is 0 Å². The molecule has 6 heteroatoms. The van der Waals surface area contributed by atoms with Crippen molar-refractivity contribution in [2.45, 2.75) is 0 Å². The van der Waals surface area contributed by atoms with Gasteiger partial charge in [-0.25, -0.2) is 9.59 Å². The third kappa shape index (κ3) is 48.4. The molecule has 0 aliphatic heterocycles. The van der Waals surface area contributed by atoms with E-state index < -0.39 is 11.9 Å². The summed E-state index contributed by atoms with van der Waals surface area (Å²) in [5.74, 6) is -1.96. The van der Waals surface area contributed by atoms with Gasteiger partial charge in [-0.2, -0.15) is 0 Å². The molecule has 12 heavy (non-hydrogen) atoms. The van der Waals surface area contributed by atoms with Crippen molar-refractivity contribution in [3.05, 3.63) is 25.3 Å². The molecule has 4 nitrogen and oxygen atoms in total. The quantitative estimate of drug-likeness (QED) is 0.324. The minimum absolute atomic E-state index is 0. The third-order valence-electron chi connectivity index (χ3n) is 0.349. The number of hydrogen-bond acceptors (Lipinski definition) is 2. The molecule has 0 saturated carbocycles. The summed E-state index contributed by atoms with van der Waals surface area (Å²) in [6.07, 6.45) is 1.67. The van der Waals surface area contributed by atoms with Gasteiger partial charge in [0, 0.05) is 12.2 Å². The van der Waals surface area contributed by atoms with Gasteiger partial charge in [0.2, 0.25) is 0 Å². The van der Waals surface area contributed by atoms with Crippen LogP contribution in [0.25, 0.3) is 0 Å². The Labute approximate surface area is 111 Å². The summed E-state index contributed by atoms with van der Waals surface area (Å²) in [5.41, 5.74) is 0. The Hall–Kier alpha value is 0.264. The van der Waals surface area contributed by atoms with Crippen LogP contribution in [0.3, 0.4) is 0 Å². The van der Waals surface area contributed by atoms with E-state index in [1.165, 1.54) is 0 Å². The molecule has 0 aromatic heterocycles. The third-order valence-corrected chi connectivity index (χ3v) is 0.349. The first-order valence-corrected chi connectivity index (χ1v) is 2.25. The Bertz CT molecular complexity index is 138. The molecule has 0 bridgehead atoms. The van der Waals surface area contributed by atoms with E-state index in [9.17, 15) is 9.59 Å². The van der Waals surface area contributed by atoms with E-state index in [0.717, 1.165) is 12.2 Å². The van der Waals surface area contributed by atoms with Crippen LogP contribution in [0.4, 0.5) is 0 Å². The molecule has 2 N–H and O–H groups in total. The Morgan fingerprint density at radius 3 is 1.00 bits per heavy atom. The Balaban J connectivity index is -0.0000000457. The van der Waals surface area contributed by atoms with Crippen LogP contribution in [0, 0.1) is 0 Å². The van der Waals surface area contributed by atoms with Gasteiger partial charge < -0.3 is 10.2 Å². The van der Waals surface area contributed by atoms with E-state index in [4.69, 9.17) is 10.2 Å². The normalized spacial score (nSPS) is 5.33. The van der Waals surface area contributed by atoms with Crippen LogP contribution in [0.5, 0.6) is 0 Å². The maximum absolute atomic E-state index is 9.25. The molecule has 0 aromatic rings. The van der Waals surface area contributed by atoms with E-state index in [1.807, 2.05) is 0 Å². The minimum atomic E-state index is -0.981. The molecule has 0 aromatic carbocycles. The van der Waals surface area contributed by atoms with Crippen LogP contribution in [0.2, 0.25) is 0 Å². The molecule has 0 rings (SSSR count). The molecule has 0 saturated heterocycles. The summed E-state index contributed by atoms with van der Waals surface area (Å²) in [4.78, 5) is 18.5. The number of hydrogen-bond donors (Lipinski definition) is 2. The zero-order valence-corrected chi connectivity index (χ0v) is 17.7. The van der Waals surface area contributed by atoms with Crippen molar-refractivity contribution < 1.29 is 19.8 Å². The van der Waals surface area contributed by atoms with Crippen molar-refractivity contribution in [2.24, 2.45) is 0 Å². The summed E-state index contributed by atoms with van der Waals surface area (Å²) in [6.45, 7) is 5.92. The van der Waals surface area contributed by atoms with Crippen LogP contribution in [0.1, 0.15) is 0 Å². The van der Waals surface area contributed by atoms with Gasteiger partial charge in [0.1, 0.15) is 0 Å². The van der Waals surface area contributed by atoms with Crippen LogP contribution in [-0.4, -0.2) is 76.7 Å². The van der Waals surface area contributed by atoms with Crippen molar-refractivity contribution >= 4 is 66.5 Å². The average molecular weight is 563 g/mol. The number of carbonyl (C=O) groups is 2. The number of rotatable bonds is 2. The molecule has 0 aliphatic rings.